The van der Waals surface area contributed by atoms with Crippen molar-refractivity contribution in [1.29, 1.82) is 0 Å². The molecule has 2 N–H and O–H groups in total. The molecule has 0 atom stereocenters. The zero-order chi connectivity index (χ0) is 19.6. The Hall–Kier alpha value is -2.74. The average Bonchev–Trinajstić information content (AvgIpc) is 3.01. The summed E-state index contributed by atoms with van der Waals surface area (Å²) in [5.74, 6) is -0.0888. The third kappa shape index (κ3) is 4.51. The molecule has 0 saturated carbocycles. The van der Waals surface area contributed by atoms with Gasteiger partial charge in [-0.25, -0.2) is 4.98 Å². The van der Waals surface area contributed by atoms with Crippen molar-refractivity contribution in [3.05, 3.63) is 57.0 Å². The lowest BCUT2D eigenvalue weighted by molar-refractivity contribution is 0.0911. The molecule has 3 aromatic rings. The number of anilines is 1. The summed E-state index contributed by atoms with van der Waals surface area (Å²) >= 11 is 1.38. The summed E-state index contributed by atoms with van der Waals surface area (Å²) in [4.78, 5) is 29.4. The molecule has 0 fully saturated rings. The summed E-state index contributed by atoms with van der Waals surface area (Å²) < 4.78 is 1.31. The molecule has 3 rings (SSSR count). The van der Waals surface area contributed by atoms with Crippen molar-refractivity contribution in [2.24, 2.45) is 0 Å². The largest absolute Gasteiger partial charge is 0.379 e. The van der Waals surface area contributed by atoms with Gasteiger partial charge in [-0.3, -0.25) is 9.59 Å². The van der Waals surface area contributed by atoms with E-state index in [1.54, 1.807) is 12.1 Å². The van der Waals surface area contributed by atoms with E-state index in [0.29, 0.717) is 22.8 Å². The van der Waals surface area contributed by atoms with Gasteiger partial charge in [0.25, 0.3) is 11.5 Å². The second kappa shape index (κ2) is 7.48. The van der Waals surface area contributed by atoms with Crippen LogP contribution < -0.4 is 16.2 Å². The Morgan fingerprint density at radius 2 is 1.96 bits per heavy atom. The molecule has 2 heterocycles. The number of carbonyl (C=O) groups is 1. The van der Waals surface area contributed by atoms with Gasteiger partial charge in [0, 0.05) is 22.9 Å². The van der Waals surface area contributed by atoms with Crippen molar-refractivity contribution in [1.82, 2.24) is 19.9 Å². The number of benzene rings is 1. The molecule has 0 saturated heterocycles. The molecule has 1 amide bonds. The van der Waals surface area contributed by atoms with Gasteiger partial charge in [0.2, 0.25) is 4.96 Å². The van der Waals surface area contributed by atoms with Crippen molar-refractivity contribution >= 4 is 27.9 Å². The fraction of sp³-hybridized carbons (Fsp3) is 0.368. The fourth-order valence-electron chi connectivity index (χ4n) is 2.44. The number of aryl methyl sites for hydroxylation is 1. The van der Waals surface area contributed by atoms with E-state index in [4.69, 9.17) is 0 Å². The Kier molecular flexibility index (Phi) is 5.27. The molecule has 0 aliphatic heterocycles. The molecule has 2 aromatic heterocycles. The first-order chi connectivity index (χ1) is 12.8. The maximum Gasteiger partial charge on any atom is 0.275 e. The molecule has 8 heteroatoms. The maximum absolute atomic E-state index is 12.3. The average molecular weight is 385 g/mol. The summed E-state index contributed by atoms with van der Waals surface area (Å²) in [5, 5.41) is 11.2. The number of hydrogen-bond donors (Lipinski definition) is 2. The summed E-state index contributed by atoms with van der Waals surface area (Å²) in [6.45, 7) is 8.29. The van der Waals surface area contributed by atoms with Crippen molar-refractivity contribution in [3.63, 3.8) is 0 Å². The lowest BCUT2D eigenvalue weighted by Gasteiger charge is -2.24. The maximum atomic E-state index is 12.3. The van der Waals surface area contributed by atoms with E-state index < -0.39 is 0 Å². The van der Waals surface area contributed by atoms with E-state index in [9.17, 15) is 9.59 Å². The lowest BCUT2D eigenvalue weighted by Crippen LogP contribution is -2.42. The topological polar surface area (TPSA) is 88.4 Å². The third-order valence-electron chi connectivity index (χ3n) is 4.36. The molecule has 27 heavy (non-hydrogen) atoms. The minimum absolute atomic E-state index is 0.0888. The number of nitrogens with one attached hydrogen (secondary N) is 2. The molecular weight excluding hydrogens is 362 g/mol. The Morgan fingerprint density at radius 1 is 1.26 bits per heavy atom. The normalized spacial score (nSPS) is 11.6. The van der Waals surface area contributed by atoms with Crippen LogP contribution in [0.4, 0.5) is 5.69 Å². The molecule has 142 valence electrons. The predicted octanol–water partition coefficient (Wildman–Crippen LogP) is 2.99. The van der Waals surface area contributed by atoms with Gasteiger partial charge >= 0.3 is 0 Å². The van der Waals surface area contributed by atoms with E-state index >= 15 is 0 Å². The second-order valence-electron chi connectivity index (χ2n) is 7.02. The van der Waals surface area contributed by atoms with Gasteiger partial charge in [0.1, 0.15) is 5.01 Å². The Morgan fingerprint density at radius 3 is 2.63 bits per heavy atom. The van der Waals surface area contributed by atoms with E-state index in [1.165, 1.54) is 21.9 Å². The van der Waals surface area contributed by atoms with Crippen LogP contribution in [0.5, 0.6) is 0 Å². The highest BCUT2D eigenvalue weighted by molar-refractivity contribution is 7.16. The van der Waals surface area contributed by atoms with Crippen LogP contribution in [-0.2, 0) is 6.54 Å². The van der Waals surface area contributed by atoms with Crippen LogP contribution in [0.2, 0.25) is 0 Å². The highest BCUT2D eigenvalue weighted by Gasteiger charge is 2.18. The van der Waals surface area contributed by atoms with Crippen LogP contribution in [0, 0.1) is 6.92 Å². The van der Waals surface area contributed by atoms with Gasteiger partial charge < -0.3 is 10.6 Å². The molecular formula is C19H23N5O2S. The monoisotopic (exact) mass is 385 g/mol. The zero-order valence-corrected chi connectivity index (χ0v) is 16.7. The van der Waals surface area contributed by atoms with Crippen LogP contribution in [0.3, 0.4) is 0 Å². The van der Waals surface area contributed by atoms with E-state index in [0.717, 1.165) is 17.1 Å². The molecule has 0 aliphatic carbocycles. The predicted molar refractivity (Wildman–Crippen MR) is 107 cm³/mol. The first-order valence-electron chi connectivity index (χ1n) is 8.80. The summed E-state index contributed by atoms with van der Waals surface area (Å²) in [5.41, 5.74) is 1.69. The zero-order valence-electron chi connectivity index (χ0n) is 15.9. The van der Waals surface area contributed by atoms with Gasteiger partial charge in [-0.1, -0.05) is 18.3 Å². The number of hydrogen-bond acceptors (Lipinski definition) is 6. The third-order valence-corrected chi connectivity index (χ3v) is 5.18. The first-order valence-corrected chi connectivity index (χ1v) is 9.62. The van der Waals surface area contributed by atoms with Crippen molar-refractivity contribution in [3.8, 4) is 0 Å². The summed E-state index contributed by atoms with van der Waals surface area (Å²) in [6.07, 6.45) is 0.856. The minimum Gasteiger partial charge on any atom is -0.379 e. The summed E-state index contributed by atoms with van der Waals surface area (Å²) in [7, 11) is 0. The quantitative estimate of drug-likeness (QED) is 0.681. The highest BCUT2D eigenvalue weighted by Crippen LogP contribution is 2.14. The Balaban J connectivity index is 1.67. The van der Waals surface area contributed by atoms with Crippen molar-refractivity contribution in [2.45, 2.75) is 46.2 Å². The number of rotatable bonds is 6. The van der Waals surface area contributed by atoms with E-state index in [1.807, 2.05) is 39.8 Å². The van der Waals surface area contributed by atoms with Crippen LogP contribution in [0.25, 0.3) is 4.96 Å². The van der Waals surface area contributed by atoms with Crippen LogP contribution in [0.15, 0.2) is 35.1 Å². The summed E-state index contributed by atoms with van der Waals surface area (Å²) in [6, 6.07) is 8.73. The van der Waals surface area contributed by atoms with Crippen molar-refractivity contribution in [2.75, 3.05) is 5.32 Å². The fourth-order valence-corrected chi connectivity index (χ4v) is 3.21. The number of nitrogens with zero attached hydrogens (tertiary/aromatic N) is 3. The van der Waals surface area contributed by atoms with Gasteiger partial charge in [0.05, 0.1) is 12.2 Å². The van der Waals surface area contributed by atoms with Crippen LogP contribution in [-0.4, -0.2) is 26.0 Å². The van der Waals surface area contributed by atoms with Gasteiger partial charge in [-0.2, -0.15) is 9.61 Å². The second-order valence-corrected chi connectivity index (χ2v) is 8.18. The first kappa shape index (κ1) is 19.0. The number of fused-ring (bicyclic) bond motifs is 1. The minimum atomic E-state index is -0.235. The Labute approximate surface area is 161 Å². The smallest absolute Gasteiger partial charge is 0.275 e. The molecule has 0 unspecified atom stereocenters. The van der Waals surface area contributed by atoms with Gasteiger partial charge in [0.15, 0.2) is 0 Å². The number of amides is 1. The van der Waals surface area contributed by atoms with Crippen LogP contribution in [0.1, 0.15) is 48.3 Å². The van der Waals surface area contributed by atoms with E-state index in [2.05, 4.69) is 20.7 Å². The molecule has 0 spiro atoms. The number of aromatic nitrogens is 3. The molecule has 0 radical (unpaired) electrons. The molecule has 1 aromatic carbocycles. The number of carbonyl (C=O) groups excluding carboxylic acids is 1. The lowest BCUT2D eigenvalue weighted by atomic mass is 10.0. The van der Waals surface area contributed by atoms with Gasteiger partial charge in [-0.15, -0.1) is 0 Å². The SMILES string of the molecule is CCC(C)(C)NC(=O)c1ccc(NCc2cc(=O)n3nc(C)sc3n2)cc1. The van der Waals surface area contributed by atoms with Crippen molar-refractivity contribution < 1.29 is 4.79 Å². The molecule has 7 nitrogen and oxygen atoms in total. The highest BCUT2D eigenvalue weighted by atomic mass is 32.1. The molecule has 0 aliphatic rings. The molecule has 0 bridgehead atoms. The van der Waals surface area contributed by atoms with Gasteiger partial charge in [-0.05, 0) is 51.5 Å². The standard InChI is InChI=1S/C19H23N5O2S/c1-5-19(3,4)22-17(26)13-6-8-14(9-7-13)20-11-15-10-16(25)24-18(21-15)27-12(2)23-24/h6-10,20H,5,11H2,1-4H3,(H,22,26). The van der Waals surface area contributed by atoms with E-state index in [-0.39, 0.29) is 17.0 Å². The van der Waals surface area contributed by atoms with Crippen LogP contribution >= 0.6 is 11.3 Å². The Bertz CT molecular complexity index is 1020.